The first kappa shape index (κ1) is 19.0. The molecule has 4 rings (SSSR count). The van der Waals surface area contributed by atoms with Crippen LogP contribution in [0.1, 0.15) is 60.1 Å². The number of fused-ring (bicyclic) bond motifs is 1. The van der Waals surface area contributed by atoms with Crippen molar-refractivity contribution in [2.75, 3.05) is 27.2 Å². The molecule has 2 fully saturated rings. The standard InChI is InChI=1S/C22H28FN3O2/c1-4-13-10-16(15-6-5-9-26(12-15)21(27)14-7-8-14)19(23)20-17(13)11-18(24-20)22(28)25(2)3/h10-11,14-15,24H,4-9,12H2,1-3H3/t15-/m1/s1. The quantitative estimate of drug-likeness (QED) is 0.873. The Balaban J connectivity index is 1.71. The highest BCUT2D eigenvalue weighted by molar-refractivity contribution is 5.99. The summed E-state index contributed by atoms with van der Waals surface area (Å²) in [5.41, 5.74) is 2.51. The first-order chi connectivity index (χ1) is 13.4. The molecule has 0 bridgehead atoms. The molecule has 1 aromatic heterocycles. The number of likely N-dealkylation sites (tertiary alicyclic amines) is 1. The molecule has 1 saturated heterocycles. The number of hydrogen-bond donors (Lipinski definition) is 1. The van der Waals surface area contributed by atoms with E-state index in [9.17, 15) is 9.59 Å². The number of nitrogens with zero attached hydrogens (tertiary/aromatic N) is 2. The van der Waals surface area contributed by atoms with Crippen molar-refractivity contribution in [2.24, 2.45) is 5.92 Å². The van der Waals surface area contributed by atoms with Crippen LogP contribution in [0.3, 0.4) is 0 Å². The van der Waals surface area contributed by atoms with Gasteiger partial charge in [-0.3, -0.25) is 9.59 Å². The first-order valence-electron chi connectivity index (χ1n) is 10.2. The average molecular weight is 385 g/mol. The van der Waals surface area contributed by atoms with Crippen LogP contribution in [0, 0.1) is 11.7 Å². The Morgan fingerprint density at radius 2 is 2.00 bits per heavy atom. The van der Waals surface area contributed by atoms with E-state index in [4.69, 9.17) is 0 Å². The molecule has 2 aliphatic rings. The minimum atomic E-state index is -0.282. The molecular formula is C22H28FN3O2. The van der Waals surface area contributed by atoms with E-state index in [1.165, 1.54) is 4.90 Å². The highest BCUT2D eigenvalue weighted by Gasteiger charge is 2.36. The molecule has 1 atom stereocenters. The summed E-state index contributed by atoms with van der Waals surface area (Å²) in [5.74, 6) is -0.0165. The van der Waals surface area contributed by atoms with Gasteiger partial charge in [0.25, 0.3) is 5.91 Å². The largest absolute Gasteiger partial charge is 0.348 e. The molecule has 1 aliphatic heterocycles. The van der Waals surface area contributed by atoms with Crippen molar-refractivity contribution < 1.29 is 14.0 Å². The minimum absolute atomic E-state index is 0.00227. The van der Waals surface area contributed by atoms with Gasteiger partial charge in [0.15, 0.2) is 5.82 Å². The first-order valence-corrected chi connectivity index (χ1v) is 10.2. The summed E-state index contributed by atoms with van der Waals surface area (Å²) in [5, 5.41) is 0.774. The zero-order valence-corrected chi connectivity index (χ0v) is 16.8. The summed E-state index contributed by atoms with van der Waals surface area (Å²) < 4.78 is 15.5. The van der Waals surface area contributed by atoms with Crippen molar-refractivity contribution in [3.63, 3.8) is 0 Å². The van der Waals surface area contributed by atoms with Crippen LogP contribution in [0.15, 0.2) is 12.1 Å². The lowest BCUT2D eigenvalue weighted by Gasteiger charge is -2.33. The molecule has 5 nitrogen and oxygen atoms in total. The average Bonchev–Trinajstić information content (AvgIpc) is 3.45. The van der Waals surface area contributed by atoms with Crippen LogP contribution in [0.4, 0.5) is 4.39 Å². The van der Waals surface area contributed by atoms with E-state index >= 15 is 4.39 Å². The number of amides is 2. The Kier molecular flexibility index (Phi) is 4.89. The summed E-state index contributed by atoms with van der Waals surface area (Å²) in [6, 6.07) is 3.71. The molecule has 150 valence electrons. The number of halogens is 1. The van der Waals surface area contributed by atoms with Crippen molar-refractivity contribution >= 4 is 22.7 Å². The van der Waals surface area contributed by atoms with E-state index in [-0.39, 0.29) is 29.5 Å². The Bertz CT molecular complexity index is 929. The predicted octanol–water partition coefficient (Wildman–Crippen LogP) is 3.69. The third-order valence-electron chi connectivity index (χ3n) is 6.08. The van der Waals surface area contributed by atoms with E-state index in [0.29, 0.717) is 23.3 Å². The second-order valence-electron chi connectivity index (χ2n) is 8.36. The van der Waals surface area contributed by atoms with E-state index in [2.05, 4.69) is 4.98 Å². The number of piperidine rings is 1. The summed E-state index contributed by atoms with van der Waals surface area (Å²) in [6.45, 7) is 3.41. The van der Waals surface area contributed by atoms with E-state index in [1.807, 2.05) is 17.9 Å². The number of rotatable bonds is 4. The van der Waals surface area contributed by atoms with Gasteiger partial charge in [-0.05, 0) is 49.3 Å². The van der Waals surface area contributed by atoms with Gasteiger partial charge < -0.3 is 14.8 Å². The van der Waals surface area contributed by atoms with Gasteiger partial charge in [-0.1, -0.05) is 13.0 Å². The molecule has 1 saturated carbocycles. The summed E-state index contributed by atoms with van der Waals surface area (Å²) in [4.78, 5) is 31.2. The third-order valence-corrected chi connectivity index (χ3v) is 6.08. The Morgan fingerprint density at radius 1 is 1.25 bits per heavy atom. The molecule has 2 heterocycles. The Hall–Kier alpha value is -2.37. The fraction of sp³-hybridized carbons (Fsp3) is 0.545. The van der Waals surface area contributed by atoms with Gasteiger partial charge in [0.1, 0.15) is 5.69 Å². The molecular weight excluding hydrogens is 357 g/mol. The van der Waals surface area contributed by atoms with Crippen molar-refractivity contribution in [1.82, 2.24) is 14.8 Å². The van der Waals surface area contributed by atoms with Crippen molar-refractivity contribution in [2.45, 2.75) is 44.9 Å². The Morgan fingerprint density at radius 3 is 2.64 bits per heavy atom. The number of aromatic nitrogens is 1. The van der Waals surface area contributed by atoms with Gasteiger partial charge in [-0.15, -0.1) is 0 Å². The zero-order valence-electron chi connectivity index (χ0n) is 16.8. The molecule has 2 aromatic rings. The number of H-pyrrole nitrogens is 1. The molecule has 1 aromatic carbocycles. The molecule has 1 aliphatic carbocycles. The van der Waals surface area contributed by atoms with E-state index in [0.717, 1.165) is 49.6 Å². The minimum Gasteiger partial charge on any atom is -0.348 e. The van der Waals surface area contributed by atoms with Crippen LogP contribution < -0.4 is 0 Å². The third kappa shape index (κ3) is 3.29. The van der Waals surface area contributed by atoms with Crippen LogP contribution in [-0.4, -0.2) is 53.8 Å². The molecule has 2 amide bonds. The van der Waals surface area contributed by atoms with Crippen molar-refractivity contribution in [3.8, 4) is 0 Å². The predicted molar refractivity (Wildman–Crippen MR) is 107 cm³/mol. The smallest absolute Gasteiger partial charge is 0.269 e. The van der Waals surface area contributed by atoms with Crippen molar-refractivity contribution in [3.05, 3.63) is 34.8 Å². The summed E-state index contributed by atoms with van der Waals surface area (Å²) >= 11 is 0. The number of nitrogens with one attached hydrogen (secondary N) is 1. The second-order valence-corrected chi connectivity index (χ2v) is 8.36. The lowest BCUT2D eigenvalue weighted by Crippen LogP contribution is -2.40. The maximum absolute atomic E-state index is 15.5. The lowest BCUT2D eigenvalue weighted by atomic mass is 9.87. The SMILES string of the molecule is CCc1cc([C@@H]2CCCN(C(=O)C3CC3)C2)c(F)c2[nH]c(C(=O)N(C)C)cc12. The van der Waals surface area contributed by atoms with Gasteiger partial charge in [0.2, 0.25) is 5.91 Å². The number of hydrogen-bond acceptors (Lipinski definition) is 2. The van der Waals surface area contributed by atoms with Gasteiger partial charge in [-0.25, -0.2) is 4.39 Å². The highest BCUT2D eigenvalue weighted by atomic mass is 19.1. The van der Waals surface area contributed by atoms with E-state index < -0.39 is 0 Å². The number of aryl methyl sites for hydroxylation is 1. The van der Waals surface area contributed by atoms with Crippen LogP contribution in [0.25, 0.3) is 10.9 Å². The molecule has 0 unspecified atom stereocenters. The van der Waals surface area contributed by atoms with Crippen molar-refractivity contribution in [1.29, 1.82) is 0 Å². The fourth-order valence-corrected chi connectivity index (χ4v) is 4.32. The maximum atomic E-state index is 15.5. The topological polar surface area (TPSA) is 56.4 Å². The zero-order chi connectivity index (χ0) is 20.0. The summed E-state index contributed by atoms with van der Waals surface area (Å²) in [7, 11) is 3.37. The Labute approximate surface area is 164 Å². The number of carbonyl (C=O) groups is 2. The molecule has 0 spiro atoms. The maximum Gasteiger partial charge on any atom is 0.269 e. The second kappa shape index (κ2) is 7.22. The number of benzene rings is 1. The van der Waals surface area contributed by atoms with Gasteiger partial charge in [0.05, 0.1) is 5.52 Å². The van der Waals surface area contributed by atoms with Crippen LogP contribution in [0.2, 0.25) is 0 Å². The van der Waals surface area contributed by atoms with Gasteiger partial charge >= 0.3 is 0 Å². The highest BCUT2D eigenvalue weighted by Crippen LogP contribution is 2.37. The van der Waals surface area contributed by atoms with Crippen LogP contribution in [-0.2, 0) is 11.2 Å². The van der Waals surface area contributed by atoms with Crippen LogP contribution in [0.5, 0.6) is 0 Å². The number of aromatic amines is 1. The van der Waals surface area contributed by atoms with Gasteiger partial charge in [0, 0.05) is 44.4 Å². The normalized spacial score (nSPS) is 19.9. The monoisotopic (exact) mass is 385 g/mol. The van der Waals surface area contributed by atoms with E-state index in [1.54, 1.807) is 20.2 Å². The molecule has 0 radical (unpaired) electrons. The number of carbonyl (C=O) groups excluding carboxylic acids is 2. The molecule has 28 heavy (non-hydrogen) atoms. The fourth-order valence-electron chi connectivity index (χ4n) is 4.32. The molecule has 1 N–H and O–H groups in total. The molecule has 6 heteroatoms. The summed E-state index contributed by atoms with van der Waals surface area (Å²) in [6.07, 6.45) is 4.52. The van der Waals surface area contributed by atoms with Gasteiger partial charge in [-0.2, -0.15) is 0 Å². The van der Waals surface area contributed by atoms with Crippen LogP contribution >= 0.6 is 0 Å². The lowest BCUT2D eigenvalue weighted by molar-refractivity contribution is -0.133.